The summed E-state index contributed by atoms with van der Waals surface area (Å²) in [6.45, 7) is 6.73. The molecule has 0 aliphatic carbocycles. The van der Waals surface area contributed by atoms with Gasteiger partial charge in [0.05, 0.1) is 12.3 Å². The van der Waals surface area contributed by atoms with E-state index in [-0.39, 0.29) is 24.5 Å². The number of para-hydroxylation sites is 1. The molecule has 43 heavy (non-hydrogen) atoms. The van der Waals surface area contributed by atoms with E-state index < -0.39 is 0 Å². The fraction of sp³-hybridized carbons (Fsp3) is 0.229. The number of carbonyl (C=O) groups excluding carboxylic acids is 2. The number of piperazine rings is 1. The van der Waals surface area contributed by atoms with Gasteiger partial charge in [0.1, 0.15) is 5.75 Å². The summed E-state index contributed by atoms with van der Waals surface area (Å²) in [6.07, 6.45) is 1.57. The van der Waals surface area contributed by atoms with Crippen molar-refractivity contribution in [2.45, 2.75) is 19.5 Å². The molecule has 4 aromatic carbocycles. The largest absolute Gasteiger partial charge is 0.484 e. The third kappa shape index (κ3) is 8.77. The molecule has 0 radical (unpaired) electrons. The maximum absolute atomic E-state index is 12.6. The van der Waals surface area contributed by atoms with Gasteiger partial charge in [0, 0.05) is 44.0 Å². The molecule has 2 amide bonds. The number of anilines is 1. The minimum Gasteiger partial charge on any atom is -0.484 e. The number of ether oxygens (including phenoxy) is 1. The van der Waals surface area contributed by atoms with Crippen LogP contribution >= 0.6 is 0 Å². The normalized spacial score (nSPS) is 14.3. The van der Waals surface area contributed by atoms with Crippen LogP contribution in [0.1, 0.15) is 40.0 Å². The molecule has 8 heteroatoms. The Labute approximate surface area is 253 Å². The minimum absolute atomic E-state index is 0.0790. The van der Waals surface area contributed by atoms with Gasteiger partial charge in [-0.3, -0.25) is 14.5 Å². The highest BCUT2D eigenvalue weighted by Gasteiger charge is 2.17. The summed E-state index contributed by atoms with van der Waals surface area (Å²) < 4.78 is 5.61. The lowest BCUT2D eigenvalue weighted by molar-refractivity contribution is -0.123. The Balaban J connectivity index is 1.02. The molecular weight excluding hydrogens is 538 g/mol. The van der Waals surface area contributed by atoms with E-state index in [4.69, 9.17) is 4.74 Å². The number of carbonyl (C=O) groups is 2. The van der Waals surface area contributed by atoms with Crippen molar-refractivity contribution in [3.63, 3.8) is 0 Å². The zero-order chi connectivity index (χ0) is 29.9. The quantitative estimate of drug-likeness (QED) is 0.194. The molecule has 1 atom stereocenters. The Kier molecular flexibility index (Phi) is 10.2. The fourth-order valence-electron chi connectivity index (χ4n) is 4.96. The molecule has 4 aromatic rings. The molecule has 0 aromatic heterocycles. The molecule has 0 saturated carbocycles. The summed E-state index contributed by atoms with van der Waals surface area (Å²) in [6, 6.07) is 35.0. The number of amides is 2. The Morgan fingerprint density at radius 1 is 0.837 bits per heavy atom. The minimum atomic E-state index is -0.269. The van der Waals surface area contributed by atoms with Crippen LogP contribution in [0.15, 0.2) is 114 Å². The highest BCUT2D eigenvalue weighted by molar-refractivity contribution is 5.94. The van der Waals surface area contributed by atoms with Crippen LogP contribution in [0.2, 0.25) is 0 Å². The predicted molar refractivity (Wildman–Crippen MR) is 170 cm³/mol. The van der Waals surface area contributed by atoms with Crippen molar-refractivity contribution in [3.8, 4) is 5.75 Å². The molecule has 2 N–H and O–H groups in total. The van der Waals surface area contributed by atoms with Crippen molar-refractivity contribution in [2.24, 2.45) is 5.10 Å². The highest BCUT2D eigenvalue weighted by atomic mass is 16.5. The number of rotatable bonds is 11. The third-order valence-electron chi connectivity index (χ3n) is 7.42. The van der Waals surface area contributed by atoms with Crippen molar-refractivity contribution in [2.75, 3.05) is 37.7 Å². The molecule has 220 valence electrons. The van der Waals surface area contributed by atoms with Crippen LogP contribution in [0.3, 0.4) is 0 Å². The van der Waals surface area contributed by atoms with Gasteiger partial charge in [-0.05, 0) is 72.1 Å². The van der Waals surface area contributed by atoms with Crippen LogP contribution in [0, 0.1) is 0 Å². The number of benzene rings is 4. The van der Waals surface area contributed by atoms with Gasteiger partial charge in [-0.15, -0.1) is 0 Å². The summed E-state index contributed by atoms with van der Waals surface area (Å²) in [5.74, 6) is 0.108. The smallest absolute Gasteiger partial charge is 0.271 e. The van der Waals surface area contributed by atoms with Gasteiger partial charge < -0.3 is 15.0 Å². The second-order valence-electron chi connectivity index (χ2n) is 10.6. The monoisotopic (exact) mass is 575 g/mol. The first-order chi connectivity index (χ1) is 21.0. The van der Waals surface area contributed by atoms with Gasteiger partial charge in [-0.2, -0.15) is 5.10 Å². The van der Waals surface area contributed by atoms with E-state index >= 15 is 0 Å². The van der Waals surface area contributed by atoms with E-state index in [9.17, 15) is 9.59 Å². The van der Waals surface area contributed by atoms with Crippen LogP contribution < -0.4 is 20.4 Å². The van der Waals surface area contributed by atoms with Crippen LogP contribution in [0.4, 0.5) is 5.69 Å². The average molecular weight is 576 g/mol. The van der Waals surface area contributed by atoms with E-state index in [1.165, 1.54) is 11.3 Å². The second-order valence-corrected chi connectivity index (χ2v) is 10.6. The molecule has 5 rings (SSSR count). The van der Waals surface area contributed by atoms with Gasteiger partial charge in [0.25, 0.3) is 11.8 Å². The lowest BCUT2D eigenvalue weighted by Crippen LogP contribution is -2.45. The lowest BCUT2D eigenvalue weighted by atomic mass is 10.1. The van der Waals surface area contributed by atoms with Crippen molar-refractivity contribution in [3.05, 3.63) is 131 Å². The first-order valence-corrected chi connectivity index (χ1v) is 14.6. The van der Waals surface area contributed by atoms with Crippen molar-refractivity contribution < 1.29 is 14.3 Å². The van der Waals surface area contributed by atoms with E-state index in [2.05, 4.69) is 49.9 Å². The molecule has 1 heterocycles. The van der Waals surface area contributed by atoms with Gasteiger partial charge in [0.2, 0.25) is 0 Å². The topological polar surface area (TPSA) is 86.3 Å². The second kappa shape index (κ2) is 14.8. The summed E-state index contributed by atoms with van der Waals surface area (Å²) in [5, 5.41) is 7.02. The molecule has 1 aliphatic rings. The van der Waals surface area contributed by atoms with Gasteiger partial charge >= 0.3 is 0 Å². The van der Waals surface area contributed by atoms with Crippen LogP contribution in [-0.2, 0) is 11.3 Å². The molecular formula is C35H37N5O3. The molecule has 0 bridgehead atoms. The summed E-state index contributed by atoms with van der Waals surface area (Å²) in [4.78, 5) is 29.7. The lowest BCUT2D eigenvalue weighted by Gasteiger charge is -2.36. The van der Waals surface area contributed by atoms with Crippen LogP contribution in [0.5, 0.6) is 5.75 Å². The molecule has 8 nitrogen and oxygen atoms in total. The third-order valence-corrected chi connectivity index (χ3v) is 7.42. The van der Waals surface area contributed by atoms with Crippen LogP contribution in [0.25, 0.3) is 0 Å². The number of hydrogen-bond donors (Lipinski definition) is 2. The van der Waals surface area contributed by atoms with Gasteiger partial charge in [-0.1, -0.05) is 60.7 Å². The van der Waals surface area contributed by atoms with Crippen LogP contribution in [-0.4, -0.2) is 55.7 Å². The molecule has 0 unspecified atom stereocenters. The number of hydrazone groups is 1. The summed E-state index contributed by atoms with van der Waals surface area (Å²) in [5.41, 5.74) is 7.42. The SMILES string of the molecule is C[C@H](NC(=O)COc1ccc(/C=N\NC(=O)c2ccc(CN3CCN(c4ccccc4)CC3)cc2)cc1)c1ccccc1. The number of nitrogens with one attached hydrogen (secondary N) is 2. The molecule has 1 saturated heterocycles. The van der Waals surface area contributed by atoms with E-state index in [1.54, 1.807) is 18.3 Å². The van der Waals surface area contributed by atoms with E-state index in [0.29, 0.717) is 11.3 Å². The van der Waals surface area contributed by atoms with Gasteiger partial charge in [-0.25, -0.2) is 5.43 Å². The number of hydrogen-bond acceptors (Lipinski definition) is 6. The number of nitrogens with zero attached hydrogens (tertiary/aromatic N) is 3. The first kappa shape index (κ1) is 29.5. The van der Waals surface area contributed by atoms with E-state index in [1.807, 2.05) is 79.7 Å². The standard InChI is InChI=1S/C35H37N5O3/c1-27(30-8-4-2-5-9-30)37-34(41)26-43-33-18-14-28(15-19-33)24-36-38-35(42)31-16-12-29(13-17-31)25-39-20-22-40(23-21-39)32-10-6-3-7-11-32/h2-19,24,27H,20-23,25-26H2,1H3,(H,37,41)(H,38,42)/b36-24-/t27-/m0/s1. The van der Waals surface area contributed by atoms with Crippen molar-refractivity contribution in [1.29, 1.82) is 0 Å². The average Bonchev–Trinajstić information content (AvgIpc) is 3.06. The summed E-state index contributed by atoms with van der Waals surface area (Å²) in [7, 11) is 0. The molecule has 0 spiro atoms. The van der Waals surface area contributed by atoms with E-state index in [0.717, 1.165) is 43.9 Å². The predicted octanol–water partition coefficient (Wildman–Crippen LogP) is 5.03. The molecule has 1 aliphatic heterocycles. The zero-order valence-electron chi connectivity index (χ0n) is 24.4. The Hall–Kier alpha value is -4.95. The Bertz CT molecular complexity index is 1480. The Morgan fingerprint density at radius 2 is 1.49 bits per heavy atom. The maximum atomic E-state index is 12.6. The Morgan fingerprint density at radius 3 is 2.16 bits per heavy atom. The first-order valence-electron chi connectivity index (χ1n) is 14.6. The van der Waals surface area contributed by atoms with Gasteiger partial charge in [0.15, 0.2) is 6.61 Å². The van der Waals surface area contributed by atoms with Crippen molar-refractivity contribution >= 4 is 23.7 Å². The zero-order valence-corrected chi connectivity index (χ0v) is 24.4. The highest BCUT2D eigenvalue weighted by Crippen LogP contribution is 2.17. The van der Waals surface area contributed by atoms with Crippen molar-refractivity contribution in [1.82, 2.24) is 15.6 Å². The maximum Gasteiger partial charge on any atom is 0.271 e. The summed E-state index contributed by atoms with van der Waals surface area (Å²) >= 11 is 0. The molecule has 1 fully saturated rings. The fourth-order valence-corrected chi connectivity index (χ4v) is 4.96.